The summed E-state index contributed by atoms with van der Waals surface area (Å²) in [5, 5.41) is 13.6. The molecule has 3 nitrogen and oxygen atoms in total. The Morgan fingerprint density at radius 1 is 1.19 bits per heavy atom. The van der Waals surface area contributed by atoms with Gasteiger partial charge in [-0.15, -0.1) is 0 Å². The number of aliphatic hydroxyl groups excluding tert-OH is 1. The highest BCUT2D eigenvalue weighted by atomic mass is 16.5. The number of hydrogen-bond donors (Lipinski definition) is 2. The van der Waals surface area contributed by atoms with Crippen molar-refractivity contribution in [2.45, 2.75) is 76.2 Å². The largest absolute Gasteiger partial charge is 0.392 e. The highest BCUT2D eigenvalue weighted by molar-refractivity contribution is 4.88. The first-order valence-corrected chi connectivity index (χ1v) is 6.65. The fraction of sp³-hybridized carbons (Fsp3) is 1.00. The van der Waals surface area contributed by atoms with E-state index in [-0.39, 0.29) is 11.7 Å². The van der Waals surface area contributed by atoms with E-state index in [2.05, 4.69) is 19.2 Å². The molecule has 0 spiro atoms. The summed E-state index contributed by atoms with van der Waals surface area (Å²) in [4.78, 5) is 0. The average molecular weight is 227 g/mol. The molecular weight excluding hydrogens is 202 g/mol. The van der Waals surface area contributed by atoms with Crippen LogP contribution in [0.3, 0.4) is 0 Å². The van der Waals surface area contributed by atoms with Crippen molar-refractivity contribution in [3.63, 3.8) is 0 Å². The van der Waals surface area contributed by atoms with Gasteiger partial charge in [0.1, 0.15) is 0 Å². The van der Waals surface area contributed by atoms with Crippen LogP contribution in [0.5, 0.6) is 0 Å². The van der Waals surface area contributed by atoms with Gasteiger partial charge in [0.05, 0.1) is 11.7 Å². The molecule has 2 rings (SSSR count). The van der Waals surface area contributed by atoms with E-state index in [0.29, 0.717) is 12.1 Å². The van der Waals surface area contributed by atoms with E-state index in [0.717, 1.165) is 32.3 Å². The summed E-state index contributed by atoms with van der Waals surface area (Å²) in [6, 6.07) is 0.828. The average Bonchev–Trinajstić information content (AvgIpc) is 2.20. The molecule has 1 saturated carbocycles. The molecule has 1 aliphatic heterocycles. The maximum Gasteiger partial charge on any atom is 0.0693 e. The summed E-state index contributed by atoms with van der Waals surface area (Å²) in [6.07, 6.45) is 6.51. The van der Waals surface area contributed by atoms with Gasteiger partial charge in [0.25, 0.3) is 0 Å². The Bertz CT molecular complexity index is 230. The Kier molecular flexibility index (Phi) is 3.88. The van der Waals surface area contributed by atoms with Crippen molar-refractivity contribution < 1.29 is 9.84 Å². The molecule has 16 heavy (non-hydrogen) atoms. The summed E-state index contributed by atoms with van der Waals surface area (Å²) in [5.74, 6) is 0. The number of nitrogens with one attached hydrogen (secondary N) is 1. The van der Waals surface area contributed by atoms with Crippen LogP contribution >= 0.6 is 0 Å². The molecule has 0 aromatic carbocycles. The number of hydrogen-bond acceptors (Lipinski definition) is 3. The standard InChI is InChI=1S/C13H25NO2/c1-13(2)9-10(7-8-16-13)14-11-5-3-4-6-12(11)15/h10-12,14-15H,3-9H2,1-2H3/t10?,11-,12-/m1/s1. The lowest BCUT2D eigenvalue weighted by Gasteiger charge is -2.39. The Morgan fingerprint density at radius 2 is 1.94 bits per heavy atom. The highest BCUT2D eigenvalue weighted by Crippen LogP contribution is 2.26. The third-order valence-corrected chi connectivity index (χ3v) is 3.88. The SMILES string of the molecule is CC1(C)CC(N[C@@H]2CCCC[C@H]2O)CCO1. The highest BCUT2D eigenvalue weighted by Gasteiger charge is 2.32. The second-order valence-corrected chi connectivity index (χ2v) is 5.92. The van der Waals surface area contributed by atoms with E-state index in [1.165, 1.54) is 12.8 Å². The molecule has 0 aromatic heterocycles. The van der Waals surface area contributed by atoms with Crippen molar-refractivity contribution in [3.8, 4) is 0 Å². The molecule has 94 valence electrons. The normalized spacial score (nSPS) is 39.6. The van der Waals surface area contributed by atoms with Crippen LogP contribution in [0.1, 0.15) is 52.4 Å². The van der Waals surface area contributed by atoms with Gasteiger partial charge in [-0.1, -0.05) is 12.8 Å². The van der Waals surface area contributed by atoms with E-state index in [9.17, 15) is 5.11 Å². The molecule has 0 radical (unpaired) electrons. The van der Waals surface area contributed by atoms with Gasteiger partial charge in [-0.25, -0.2) is 0 Å². The monoisotopic (exact) mass is 227 g/mol. The molecule has 2 fully saturated rings. The van der Waals surface area contributed by atoms with E-state index in [1.807, 2.05) is 0 Å². The minimum Gasteiger partial charge on any atom is -0.392 e. The van der Waals surface area contributed by atoms with Crippen LogP contribution in [0, 0.1) is 0 Å². The number of rotatable bonds is 2. The summed E-state index contributed by atoms with van der Waals surface area (Å²) in [6.45, 7) is 5.14. The maximum atomic E-state index is 9.94. The van der Waals surface area contributed by atoms with Crippen LogP contribution in [0.4, 0.5) is 0 Å². The lowest BCUT2D eigenvalue weighted by Crippen LogP contribution is -2.51. The molecule has 1 saturated heterocycles. The minimum atomic E-state index is -0.139. The molecule has 3 heteroatoms. The van der Waals surface area contributed by atoms with Gasteiger partial charge in [-0.05, 0) is 39.5 Å². The van der Waals surface area contributed by atoms with Crippen molar-refractivity contribution >= 4 is 0 Å². The first kappa shape index (κ1) is 12.3. The van der Waals surface area contributed by atoms with Gasteiger partial charge in [0, 0.05) is 18.7 Å². The minimum absolute atomic E-state index is 0.00443. The van der Waals surface area contributed by atoms with Crippen LogP contribution in [-0.4, -0.2) is 35.5 Å². The first-order chi connectivity index (χ1) is 7.57. The Labute approximate surface area is 98.6 Å². The van der Waals surface area contributed by atoms with Crippen LogP contribution in [-0.2, 0) is 4.74 Å². The van der Waals surface area contributed by atoms with Gasteiger partial charge in [0.15, 0.2) is 0 Å². The predicted molar refractivity (Wildman–Crippen MR) is 64.5 cm³/mol. The molecule has 2 aliphatic rings. The maximum absolute atomic E-state index is 9.94. The second kappa shape index (κ2) is 5.03. The predicted octanol–water partition coefficient (Wildman–Crippen LogP) is 1.84. The van der Waals surface area contributed by atoms with Crippen molar-refractivity contribution in [3.05, 3.63) is 0 Å². The van der Waals surface area contributed by atoms with Gasteiger partial charge in [-0.2, -0.15) is 0 Å². The van der Waals surface area contributed by atoms with E-state index < -0.39 is 0 Å². The third-order valence-electron chi connectivity index (χ3n) is 3.88. The fourth-order valence-electron chi connectivity index (χ4n) is 2.98. The van der Waals surface area contributed by atoms with Crippen LogP contribution in [0.15, 0.2) is 0 Å². The van der Waals surface area contributed by atoms with Crippen LogP contribution in [0.2, 0.25) is 0 Å². The molecule has 0 amide bonds. The molecule has 2 N–H and O–H groups in total. The van der Waals surface area contributed by atoms with Crippen LogP contribution < -0.4 is 5.32 Å². The van der Waals surface area contributed by atoms with E-state index >= 15 is 0 Å². The first-order valence-electron chi connectivity index (χ1n) is 6.65. The molecule has 0 aromatic rings. The Hall–Kier alpha value is -0.120. The molecule has 1 unspecified atom stereocenters. The summed E-state index contributed by atoms with van der Waals surface area (Å²) in [7, 11) is 0. The lowest BCUT2D eigenvalue weighted by molar-refractivity contribution is -0.0673. The molecule has 3 atom stereocenters. The summed E-state index contributed by atoms with van der Waals surface area (Å²) >= 11 is 0. The van der Waals surface area contributed by atoms with Crippen molar-refractivity contribution in [2.75, 3.05) is 6.61 Å². The van der Waals surface area contributed by atoms with Gasteiger partial charge in [0.2, 0.25) is 0 Å². The Balaban J connectivity index is 1.84. The van der Waals surface area contributed by atoms with Crippen LogP contribution in [0.25, 0.3) is 0 Å². The zero-order valence-electron chi connectivity index (χ0n) is 10.5. The smallest absolute Gasteiger partial charge is 0.0693 e. The topological polar surface area (TPSA) is 41.5 Å². The van der Waals surface area contributed by atoms with Crippen molar-refractivity contribution in [2.24, 2.45) is 0 Å². The van der Waals surface area contributed by atoms with E-state index in [4.69, 9.17) is 4.74 Å². The zero-order chi connectivity index (χ0) is 11.6. The molecule has 0 bridgehead atoms. The number of ether oxygens (including phenoxy) is 1. The summed E-state index contributed by atoms with van der Waals surface area (Å²) < 4.78 is 5.71. The van der Waals surface area contributed by atoms with Crippen molar-refractivity contribution in [1.29, 1.82) is 0 Å². The Morgan fingerprint density at radius 3 is 2.62 bits per heavy atom. The number of aliphatic hydroxyl groups is 1. The van der Waals surface area contributed by atoms with Crippen molar-refractivity contribution in [1.82, 2.24) is 5.32 Å². The molecular formula is C13H25NO2. The second-order valence-electron chi connectivity index (χ2n) is 5.92. The molecule has 1 aliphatic carbocycles. The lowest BCUT2D eigenvalue weighted by atomic mass is 9.89. The quantitative estimate of drug-likeness (QED) is 0.756. The zero-order valence-corrected chi connectivity index (χ0v) is 10.5. The fourth-order valence-corrected chi connectivity index (χ4v) is 2.98. The van der Waals surface area contributed by atoms with Gasteiger partial charge >= 0.3 is 0 Å². The third kappa shape index (κ3) is 3.19. The summed E-state index contributed by atoms with van der Waals surface area (Å²) in [5.41, 5.74) is -0.00443. The van der Waals surface area contributed by atoms with E-state index in [1.54, 1.807) is 0 Å². The van der Waals surface area contributed by atoms with Gasteiger partial charge in [-0.3, -0.25) is 0 Å². The molecule has 1 heterocycles. The van der Waals surface area contributed by atoms with Gasteiger partial charge < -0.3 is 15.2 Å².